The molecule has 0 fully saturated rings. The van der Waals surface area contributed by atoms with Crippen LogP contribution in [0.4, 0.5) is 4.39 Å². The molecule has 0 bridgehead atoms. The highest BCUT2D eigenvalue weighted by Gasteiger charge is 2.30. The molecule has 1 N–H and O–H groups in total. The quantitative estimate of drug-likeness (QED) is 0.864. The Morgan fingerprint density at radius 3 is 2.43 bits per heavy atom. The van der Waals surface area contributed by atoms with Crippen molar-refractivity contribution in [3.05, 3.63) is 51.2 Å². The van der Waals surface area contributed by atoms with Gasteiger partial charge in [-0.25, -0.2) is 9.37 Å². The van der Waals surface area contributed by atoms with E-state index < -0.39 is 0 Å². The van der Waals surface area contributed by atoms with Crippen LogP contribution >= 0.6 is 11.3 Å². The van der Waals surface area contributed by atoms with Gasteiger partial charge in [-0.1, -0.05) is 26.0 Å². The number of hydrogen-bond acceptors (Lipinski definition) is 3. The summed E-state index contributed by atoms with van der Waals surface area (Å²) in [4.78, 5) is 6.10. The topological polar surface area (TPSA) is 24.9 Å². The number of likely N-dealkylation sites (N-methyl/N-ethyl adjacent to an activating group) is 1. The summed E-state index contributed by atoms with van der Waals surface area (Å²) in [5, 5.41) is 4.67. The lowest BCUT2D eigenvalue weighted by atomic mass is 9.93. The number of thiazole rings is 1. The SMILES string of the molecule is CCNC(C)(Cc1ccc(F)cc1)c1nc(CC)c(C)s1. The number of rotatable bonds is 6. The molecular weight excluding hydrogens is 283 g/mol. The van der Waals surface area contributed by atoms with E-state index in [1.807, 2.05) is 12.1 Å². The van der Waals surface area contributed by atoms with E-state index in [0.29, 0.717) is 0 Å². The van der Waals surface area contributed by atoms with Crippen molar-refractivity contribution in [2.24, 2.45) is 0 Å². The van der Waals surface area contributed by atoms with Crippen LogP contribution < -0.4 is 5.32 Å². The molecule has 2 nitrogen and oxygen atoms in total. The van der Waals surface area contributed by atoms with E-state index in [-0.39, 0.29) is 11.4 Å². The lowest BCUT2D eigenvalue weighted by molar-refractivity contribution is 0.371. The molecule has 2 aromatic rings. The molecule has 1 unspecified atom stereocenters. The molecule has 4 heteroatoms. The van der Waals surface area contributed by atoms with Crippen LogP contribution in [-0.2, 0) is 18.4 Å². The Morgan fingerprint density at radius 1 is 1.24 bits per heavy atom. The van der Waals surface area contributed by atoms with Crippen molar-refractivity contribution in [3.63, 3.8) is 0 Å². The van der Waals surface area contributed by atoms with Gasteiger partial charge in [-0.15, -0.1) is 11.3 Å². The van der Waals surface area contributed by atoms with E-state index in [1.54, 1.807) is 11.3 Å². The molecule has 0 saturated heterocycles. The van der Waals surface area contributed by atoms with Gasteiger partial charge in [-0.3, -0.25) is 0 Å². The molecule has 114 valence electrons. The van der Waals surface area contributed by atoms with Crippen molar-refractivity contribution in [2.45, 2.75) is 46.1 Å². The maximum Gasteiger partial charge on any atom is 0.123 e. The second-order valence-electron chi connectivity index (χ2n) is 5.54. The molecule has 1 heterocycles. The van der Waals surface area contributed by atoms with E-state index in [0.717, 1.165) is 30.0 Å². The minimum Gasteiger partial charge on any atom is -0.306 e. The zero-order valence-corrected chi connectivity index (χ0v) is 14.0. The van der Waals surface area contributed by atoms with Crippen molar-refractivity contribution in [3.8, 4) is 0 Å². The Balaban J connectivity index is 2.32. The van der Waals surface area contributed by atoms with Gasteiger partial charge in [-0.2, -0.15) is 0 Å². The third-order valence-corrected chi connectivity index (χ3v) is 5.01. The standard InChI is InChI=1S/C17H23FN2S/c1-5-15-12(3)21-16(20-15)17(4,19-6-2)11-13-7-9-14(18)10-8-13/h7-10,19H,5-6,11H2,1-4H3. The molecular formula is C17H23FN2S. The Bertz CT molecular complexity index is 591. The second kappa shape index (κ2) is 6.67. The number of halogens is 1. The van der Waals surface area contributed by atoms with E-state index in [9.17, 15) is 4.39 Å². The Hall–Kier alpha value is -1.26. The van der Waals surface area contributed by atoms with Gasteiger partial charge in [0.15, 0.2) is 0 Å². The molecule has 0 aliphatic rings. The average molecular weight is 306 g/mol. The summed E-state index contributed by atoms with van der Waals surface area (Å²) >= 11 is 1.76. The summed E-state index contributed by atoms with van der Waals surface area (Å²) in [5.41, 5.74) is 2.08. The van der Waals surface area contributed by atoms with Gasteiger partial charge < -0.3 is 5.32 Å². The van der Waals surface area contributed by atoms with Gasteiger partial charge in [0.2, 0.25) is 0 Å². The minimum absolute atomic E-state index is 0.192. The average Bonchev–Trinajstić information content (AvgIpc) is 2.84. The van der Waals surface area contributed by atoms with E-state index >= 15 is 0 Å². The zero-order chi connectivity index (χ0) is 15.5. The summed E-state index contributed by atoms with van der Waals surface area (Å²) in [6, 6.07) is 6.75. The van der Waals surface area contributed by atoms with Crippen LogP contribution in [-0.4, -0.2) is 11.5 Å². The normalized spacial score (nSPS) is 14.1. The fraction of sp³-hybridized carbons (Fsp3) is 0.471. The number of aryl methyl sites for hydroxylation is 2. The maximum atomic E-state index is 13.1. The molecule has 0 amide bonds. The van der Waals surface area contributed by atoms with E-state index in [1.165, 1.54) is 22.7 Å². The summed E-state index contributed by atoms with van der Waals surface area (Å²) in [5.74, 6) is -0.192. The Labute approximate surface area is 130 Å². The first kappa shape index (κ1) is 16.1. The minimum atomic E-state index is -0.213. The fourth-order valence-corrected chi connectivity index (χ4v) is 3.73. The summed E-state index contributed by atoms with van der Waals surface area (Å²) in [6.45, 7) is 9.42. The number of aromatic nitrogens is 1. The van der Waals surface area contributed by atoms with E-state index in [2.05, 4.69) is 33.0 Å². The molecule has 2 rings (SSSR count). The van der Waals surface area contributed by atoms with Crippen LogP contribution in [0.15, 0.2) is 24.3 Å². The van der Waals surface area contributed by atoms with Crippen LogP contribution in [0, 0.1) is 12.7 Å². The first-order valence-corrected chi connectivity index (χ1v) is 8.26. The van der Waals surface area contributed by atoms with Crippen LogP contribution in [0.25, 0.3) is 0 Å². The van der Waals surface area contributed by atoms with Crippen molar-refractivity contribution < 1.29 is 4.39 Å². The van der Waals surface area contributed by atoms with Crippen molar-refractivity contribution in [1.82, 2.24) is 10.3 Å². The first-order valence-electron chi connectivity index (χ1n) is 7.44. The zero-order valence-electron chi connectivity index (χ0n) is 13.2. The summed E-state index contributed by atoms with van der Waals surface area (Å²) < 4.78 is 13.1. The number of benzene rings is 1. The van der Waals surface area contributed by atoms with Crippen LogP contribution in [0.5, 0.6) is 0 Å². The largest absolute Gasteiger partial charge is 0.306 e. The van der Waals surface area contributed by atoms with Crippen molar-refractivity contribution in [1.29, 1.82) is 0 Å². The lowest BCUT2D eigenvalue weighted by Crippen LogP contribution is -2.41. The molecule has 0 aliphatic heterocycles. The number of hydrogen-bond donors (Lipinski definition) is 1. The molecule has 21 heavy (non-hydrogen) atoms. The molecule has 0 saturated carbocycles. The molecule has 1 aromatic carbocycles. The van der Waals surface area contributed by atoms with Crippen LogP contribution in [0.3, 0.4) is 0 Å². The third-order valence-electron chi connectivity index (χ3n) is 3.74. The Kier molecular flexibility index (Phi) is 5.12. The highest BCUT2D eigenvalue weighted by Crippen LogP contribution is 2.31. The number of nitrogens with one attached hydrogen (secondary N) is 1. The summed E-state index contributed by atoms with van der Waals surface area (Å²) in [6.07, 6.45) is 1.76. The lowest BCUT2D eigenvalue weighted by Gasteiger charge is -2.28. The van der Waals surface area contributed by atoms with Crippen LogP contribution in [0.1, 0.15) is 41.9 Å². The molecule has 0 aliphatic carbocycles. The van der Waals surface area contributed by atoms with Crippen molar-refractivity contribution in [2.75, 3.05) is 6.54 Å². The predicted octanol–water partition coefficient (Wildman–Crippen LogP) is 4.22. The van der Waals surface area contributed by atoms with E-state index in [4.69, 9.17) is 4.98 Å². The van der Waals surface area contributed by atoms with Crippen LogP contribution in [0.2, 0.25) is 0 Å². The van der Waals surface area contributed by atoms with Gasteiger partial charge >= 0.3 is 0 Å². The number of nitrogens with zero attached hydrogens (tertiary/aromatic N) is 1. The first-order chi connectivity index (χ1) is 9.98. The second-order valence-corrected chi connectivity index (χ2v) is 6.74. The molecule has 1 atom stereocenters. The van der Waals surface area contributed by atoms with Gasteiger partial charge in [0.1, 0.15) is 10.8 Å². The maximum absolute atomic E-state index is 13.1. The monoisotopic (exact) mass is 306 g/mol. The molecule has 0 radical (unpaired) electrons. The smallest absolute Gasteiger partial charge is 0.123 e. The highest BCUT2D eigenvalue weighted by atomic mass is 32.1. The van der Waals surface area contributed by atoms with Gasteiger partial charge in [0, 0.05) is 4.88 Å². The fourth-order valence-electron chi connectivity index (χ4n) is 2.61. The summed E-state index contributed by atoms with van der Waals surface area (Å²) in [7, 11) is 0. The van der Waals surface area contributed by atoms with Gasteiger partial charge in [-0.05, 0) is 50.9 Å². The predicted molar refractivity (Wildman–Crippen MR) is 87.4 cm³/mol. The van der Waals surface area contributed by atoms with Gasteiger partial charge in [0.05, 0.1) is 11.2 Å². The van der Waals surface area contributed by atoms with Crippen molar-refractivity contribution >= 4 is 11.3 Å². The highest BCUT2D eigenvalue weighted by molar-refractivity contribution is 7.11. The third kappa shape index (κ3) is 3.69. The Morgan fingerprint density at radius 2 is 1.90 bits per heavy atom. The molecule has 1 aromatic heterocycles. The van der Waals surface area contributed by atoms with Gasteiger partial charge in [0.25, 0.3) is 0 Å². The molecule has 0 spiro atoms.